The maximum atomic E-state index is 11.7. The molecule has 1 atom stereocenters. The highest BCUT2D eigenvalue weighted by Crippen LogP contribution is 2.13. The minimum Gasteiger partial charge on any atom is -0.352 e. The normalized spacial score (nSPS) is 11.3. The summed E-state index contributed by atoms with van der Waals surface area (Å²) in [7, 11) is 0. The first-order valence-electron chi connectivity index (χ1n) is 5.32. The van der Waals surface area contributed by atoms with Gasteiger partial charge >= 0.3 is 6.03 Å². The SMILES string of the molecule is C[C@H](NC(N)=O)C(=O)NNC(=O)c1ccccc1Cl. The van der Waals surface area contributed by atoms with Crippen LogP contribution in [0.25, 0.3) is 0 Å². The van der Waals surface area contributed by atoms with Gasteiger partial charge < -0.3 is 11.1 Å². The van der Waals surface area contributed by atoms with Crippen LogP contribution < -0.4 is 21.9 Å². The monoisotopic (exact) mass is 284 g/mol. The zero-order valence-electron chi connectivity index (χ0n) is 10.1. The Balaban J connectivity index is 2.53. The third-order valence-corrected chi connectivity index (χ3v) is 2.50. The predicted molar refractivity (Wildman–Crippen MR) is 69.2 cm³/mol. The number of rotatable bonds is 3. The van der Waals surface area contributed by atoms with Gasteiger partial charge in [0.15, 0.2) is 0 Å². The fraction of sp³-hybridized carbons (Fsp3) is 0.182. The number of hydrazine groups is 1. The first kappa shape index (κ1) is 14.8. The van der Waals surface area contributed by atoms with Crippen LogP contribution in [0.15, 0.2) is 24.3 Å². The van der Waals surface area contributed by atoms with E-state index in [1.54, 1.807) is 18.2 Å². The van der Waals surface area contributed by atoms with Crippen molar-refractivity contribution in [1.29, 1.82) is 0 Å². The van der Waals surface area contributed by atoms with Crippen molar-refractivity contribution in [3.63, 3.8) is 0 Å². The molecule has 1 rings (SSSR count). The molecule has 0 unspecified atom stereocenters. The van der Waals surface area contributed by atoms with Crippen LogP contribution in [0.3, 0.4) is 0 Å². The molecule has 0 heterocycles. The van der Waals surface area contributed by atoms with Crippen molar-refractivity contribution in [3.05, 3.63) is 34.9 Å². The molecule has 0 spiro atoms. The first-order valence-corrected chi connectivity index (χ1v) is 5.70. The average Bonchev–Trinajstić information content (AvgIpc) is 2.35. The lowest BCUT2D eigenvalue weighted by Crippen LogP contribution is -2.52. The minimum atomic E-state index is -0.871. The topological polar surface area (TPSA) is 113 Å². The second kappa shape index (κ2) is 6.60. The van der Waals surface area contributed by atoms with Gasteiger partial charge in [-0.2, -0.15) is 0 Å². The van der Waals surface area contributed by atoms with Crippen LogP contribution in [0, 0.1) is 0 Å². The molecule has 5 N–H and O–H groups in total. The molecule has 0 saturated heterocycles. The molecule has 8 heteroatoms. The Hall–Kier alpha value is -2.28. The number of carbonyl (C=O) groups excluding carboxylic acids is 3. The van der Waals surface area contributed by atoms with E-state index >= 15 is 0 Å². The summed E-state index contributed by atoms with van der Waals surface area (Å²) in [5.74, 6) is -1.18. The fourth-order valence-corrected chi connectivity index (χ4v) is 1.44. The zero-order valence-corrected chi connectivity index (χ0v) is 10.8. The summed E-state index contributed by atoms with van der Waals surface area (Å²) >= 11 is 5.82. The van der Waals surface area contributed by atoms with Crippen molar-refractivity contribution in [2.24, 2.45) is 5.73 Å². The first-order chi connectivity index (χ1) is 8.91. The van der Waals surface area contributed by atoms with Crippen molar-refractivity contribution < 1.29 is 14.4 Å². The molecule has 1 aromatic rings. The smallest absolute Gasteiger partial charge is 0.312 e. The molecule has 102 valence electrons. The summed E-state index contributed by atoms with van der Waals surface area (Å²) < 4.78 is 0. The predicted octanol–water partition coefficient (Wildman–Crippen LogP) is 0.158. The summed E-state index contributed by atoms with van der Waals surface area (Å²) in [6.45, 7) is 1.42. The van der Waals surface area contributed by atoms with Gasteiger partial charge in [-0.25, -0.2) is 4.79 Å². The van der Waals surface area contributed by atoms with Crippen molar-refractivity contribution in [2.45, 2.75) is 13.0 Å². The number of amides is 4. The quantitative estimate of drug-likeness (QED) is 0.593. The second-order valence-corrected chi connectivity index (χ2v) is 4.06. The van der Waals surface area contributed by atoms with Gasteiger partial charge in [-0.15, -0.1) is 0 Å². The van der Waals surface area contributed by atoms with Crippen molar-refractivity contribution in [1.82, 2.24) is 16.2 Å². The summed E-state index contributed by atoms with van der Waals surface area (Å²) in [6.07, 6.45) is 0. The number of primary amides is 1. The lowest BCUT2D eigenvalue weighted by Gasteiger charge is -2.13. The van der Waals surface area contributed by atoms with Crippen LogP contribution in [0.1, 0.15) is 17.3 Å². The van der Waals surface area contributed by atoms with Gasteiger partial charge in [0.2, 0.25) is 0 Å². The van der Waals surface area contributed by atoms with Gasteiger partial charge in [0, 0.05) is 0 Å². The Kier molecular flexibility index (Phi) is 5.13. The Morgan fingerprint density at radius 2 is 1.84 bits per heavy atom. The van der Waals surface area contributed by atoms with Crippen LogP contribution >= 0.6 is 11.6 Å². The molecule has 0 aliphatic carbocycles. The maximum absolute atomic E-state index is 11.7. The van der Waals surface area contributed by atoms with E-state index in [4.69, 9.17) is 17.3 Å². The van der Waals surface area contributed by atoms with E-state index in [-0.39, 0.29) is 10.6 Å². The molecular weight excluding hydrogens is 272 g/mol. The van der Waals surface area contributed by atoms with Crippen molar-refractivity contribution in [2.75, 3.05) is 0 Å². The largest absolute Gasteiger partial charge is 0.352 e. The van der Waals surface area contributed by atoms with E-state index in [1.165, 1.54) is 13.0 Å². The second-order valence-electron chi connectivity index (χ2n) is 3.65. The van der Waals surface area contributed by atoms with Crippen LogP contribution in [-0.2, 0) is 4.79 Å². The van der Waals surface area contributed by atoms with Crippen molar-refractivity contribution >= 4 is 29.4 Å². The number of nitrogens with two attached hydrogens (primary N) is 1. The summed E-state index contributed by atoms with van der Waals surface area (Å²) in [6, 6.07) is 4.67. The standard InChI is InChI=1S/C11H13ClN4O3/c1-6(14-11(13)19)9(17)15-16-10(18)7-4-2-3-5-8(7)12/h2-6H,1H3,(H,15,17)(H,16,18)(H3,13,14,19)/t6-/m0/s1. The molecule has 0 bridgehead atoms. The number of urea groups is 1. The van der Waals surface area contributed by atoms with Gasteiger partial charge in [0.05, 0.1) is 10.6 Å². The summed E-state index contributed by atoms with van der Waals surface area (Å²) in [5.41, 5.74) is 9.41. The highest BCUT2D eigenvalue weighted by atomic mass is 35.5. The molecule has 19 heavy (non-hydrogen) atoms. The molecule has 1 aromatic carbocycles. The lowest BCUT2D eigenvalue weighted by atomic mass is 10.2. The molecule has 7 nitrogen and oxygen atoms in total. The van der Waals surface area contributed by atoms with Gasteiger partial charge in [-0.1, -0.05) is 23.7 Å². The third-order valence-electron chi connectivity index (χ3n) is 2.17. The number of hydrogen-bond acceptors (Lipinski definition) is 3. The number of hydrogen-bond donors (Lipinski definition) is 4. The van der Waals surface area contributed by atoms with Gasteiger partial charge in [-0.05, 0) is 19.1 Å². The third kappa shape index (κ3) is 4.47. The Morgan fingerprint density at radius 1 is 1.21 bits per heavy atom. The highest BCUT2D eigenvalue weighted by molar-refractivity contribution is 6.33. The molecule has 0 fully saturated rings. The number of benzene rings is 1. The molecule has 0 aliphatic heterocycles. The van der Waals surface area contributed by atoms with Crippen molar-refractivity contribution in [3.8, 4) is 0 Å². The molecule has 0 aromatic heterocycles. The van der Waals surface area contributed by atoms with Crippen LogP contribution in [0.4, 0.5) is 4.79 Å². The fourth-order valence-electron chi connectivity index (χ4n) is 1.22. The van der Waals surface area contributed by atoms with E-state index in [0.717, 1.165) is 0 Å². The molecule has 4 amide bonds. The molecule has 0 aliphatic rings. The highest BCUT2D eigenvalue weighted by Gasteiger charge is 2.15. The maximum Gasteiger partial charge on any atom is 0.312 e. The van der Waals surface area contributed by atoms with E-state index in [9.17, 15) is 14.4 Å². The molecule has 0 radical (unpaired) electrons. The molecule has 0 saturated carbocycles. The number of halogens is 1. The summed E-state index contributed by atoms with van der Waals surface area (Å²) in [5, 5.41) is 2.43. The average molecular weight is 285 g/mol. The lowest BCUT2D eigenvalue weighted by molar-refractivity contribution is -0.123. The Morgan fingerprint density at radius 3 is 2.42 bits per heavy atom. The van der Waals surface area contributed by atoms with Gasteiger partial charge in [-0.3, -0.25) is 20.4 Å². The minimum absolute atomic E-state index is 0.222. The van der Waals surface area contributed by atoms with Crippen LogP contribution in [0.5, 0.6) is 0 Å². The zero-order chi connectivity index (χ0) is 14.4. The summed E-state index contributed by atoms with van der Waals surface area (Å²) in [4.78, 5) is 33.7. The Bertz CT molecular complexity index is 506. The van der Waals surface area contributed by atoms with Crippen LogP contribution in [0.2, 0.25) is 5.02 Å². The number of carbonyl (C=O) groups is 3. The number of nitrogens with one attached hydrogen (secondary N) is 3. The van der Waals surface area contributed by atoms with Crippen LogP contribution in [-0.4, -0.2) is 23.9 Å². The van der Waals surface area contributed by atoms with E-state index in [1.807, 2.05) is 0 Å². The van der Waals surface area contributed by atoms with E-state index < -0.39 is 23.9 Å². The van der Waals surface area contributed by atoms with E-state index in [2.05, 4.69) is 16.2 Å². The Labute approximate surface area is 114 Å². The van der Waals surface area contributed by atoms with E-state index in [0.29, 0.717) is 0 Å². The molecular formula is C11H13ClN4O3. The van der Waals surface area contributed by atoms with Gasteiger partial charge in [0.25, 0.3) is 11.8 Å². The van der Waals surface area contributed by atoms with Gasteiger partial charge in [0.1, 0.15) is 6.04 Å².